The Morgan fingerprint density at radius 1 is 1.47 bits per heavy atom. The summed E-state index contributed by atoms with van der Waals surface area (Å²) in [5.74, 6) is 1.23. The van der Waals surface area contributed by atoms with Crippen molar-refractivity contribution in [3.05, 3.63) is 0 Å². The third-order valence-electron chi connectivity index (χ3n) is 3.83. The number of nitrogens with zero attached hydrogens (tertiary/aromatic N) is 1. The first kappa shape index (κ1) is 13.3. The predicted octanol–water partition coefficient (Wildman–Crippen LogP) is 2.22. The topological polar surface area (TPSA) is 23.5 Å². The highest BCUT2D eigenvalue weighted by atomic mass is 32.2. The fraction of sp³-hybridized carbons (Fsp3) is 1.00. The van der Waals surface area contributed by atoms with Gasteiger partial charge < -0.3 is 5.11 Å². The van der Waals surface area contributed by atoms with E-state index in [0.717, 1.165) is 18.2 Å². The predicted molar refractivity (Wildman–Crippen MR) is 68.4 cm³/mol. The van der Waals surface area contributed by atoms with Gasteiger partial charge in [-0.2, -0.15) is 11.8 Å². The molecular formula is C12H25NOS. The summed E-state index contributed by atoms with van der Waals surface area (Å²) in [6.45, 7) is 11.5. The number of hydrogen-bond acceptors (Lipinski definition) is 3. The maximum Gasteiger partial charge on any atom is 0.0496 e. The van der Waals surface area contributed by atoms with E-state index in [0.29, 0.717) is 12.6 Å². The molecule has 0 aromatic rings. The van der Waals surface area contributed by atoms with Crippen LogP contribution in [-0.2, 0) is 0 Å². The van der Waals surface area contributed by atoms with E-state index in [1.807, 2.05) is 0 Å². The summed E-state index contributed by atoms with van der Waals surface area (Å²) >= 11 is 2.07. The molecule has 0 radical (unpaired) electrons. The lowest BCUT2D eigenvalue weighted by atomic mass is 9.87. The molecule has 1 aliphatic heterocycles. The van der Waals surface area contributed by atoms with Crippen molar-refractivity contribution < 1.29 is 5.11 Å². The van der Waals surface area contributed by atoms with Crippen LogP contribution < -0.4 is 0 Å². The van der Waals surface area contributed by atoms with Crippen molar-refractivity contribution in [1.29, 1.82) is 0 Å². The van der Waals surface area contributed by atoms with Crippen molar-refractivity contribution in [2.75, 3.05) is 25.4 Å². The Hall–Kier alpha value is 0.270. The molecule has 1 saturated heterocycles. The van der Waals surface area contributed by atoms with Crippen molar-refractivity contribution in [2.24, 2.45) is 5.41 Å². The minimum absolute atomic E-state index is 0.0794. The molecule has 15 heavy (non-hydrogen) atoms. The van der Waals surface area contributed by atoms with Crippen molar-refractivity contribution >= 4 is 11.8 Å². The molecule has 0 aliphatic carbocycles. The Morgan fingerprint density at radius 3 is 2.67 bits per heavy atom. The molecule has 3 atom stereocenters. The zero-order valence-electron chi connectivity index (χ0n) is 10.5. The molecule has 0 bridgehead atoms. The SMILES string of the molecule is CCC(C)(CO)CN1CCSC(C)C1C. The first-order valence-electron chi connectivity index (χ1n) is 5.99. The van der Waals surface area contributed by atoms with Gasteiger partial charge in [0.15, 0.2) is 0 Å². The molecule has 0 amide bonds. The lowest BCUT2D eigenvalue weighted by Gasteiger charge is -2.42. The molecule has 0 saturated carbocycles. The van der Waals surface area contributed by atoms with Crippen LogP contribution in [0.3, 0.4) is 0 Å². The Balaban J connectivity index is 2.56. The normalized spacial score (nSPS) is 32.6. The van der Waals surface area contributed by atoms with Gasteiger partial charge in [-0.15, -0.1) is 0 Å². The monoisotopic (exact) mass is 231 g/mol. The highest BCUT2D eigenvalue weighted by Crippen LogP contribution is 2.29. The molecule has 3 heteroatoms. The van der Waals surface area contributed by atoms with Crippen LogP contribution >= 0.6 is 11.8 Å². The van der Waals surface area contributed by atoms with Gasteiger partial charge in [0, 0.05) is 42.2 Å². The Kier molecular flexibility index (Phi) is 4.94. The van der Waals surface area contributed by atoms with Crippen molar-refractivity contribution in [2.45, 2.75) is 45.4 Å². The van der Waals surface area contributed by atoms with E-state index in [-0.39, 0.29) is 5.41 Å². The average molecular weight is 231 g/mol. The Morgan fingerprint density at radius 2 is 2.13 bits per heavy atom. The van der Waals surface area contributed by atoms with Crippen LogP contribution in [0, 0.1) is 5.41 Å². The van der Waals surface area contributed by atoms with Crippen LogP contribution in [-0.4, -0.2) is 46.7 Å². The van der Waals surface area contributed by atoms with Crippen LogP contribution in [0.15, 0.2) is 0 Å². The van der Waals surface area contributed by atoms with E-state index in [2.05, 4.69) is 44.4 Å². The van der Waals surface area contributed by atoms with Crippen molar-refractivity contribution in [1.82, 2.24) is 4.90 Å². The quantitative estimate of drug-likeness (QED) is 0.802. The molecule has 1 heterocycles. The van der Waals surface area contributed by atoms with Crippen LogP contribution in [0.2, 0.25) is 0 Å². The van der Waals surface area contributed by atoms with E-state index in [1.165, 1.54) is 12.3 Å². The smallest absolute Gasteiger partial charge is 0.0496 e. The van der Waals surface area contributed by atoms with Gasteiger partial charge in [0.2, 0.25) is 0 Å². The third kappa shape index (κ3) is 3.36. The summed E-state index contributed by atoms with van der Waals surface area (Å²) in [5, 5.41) is 10.2. The second-order valence-corrected chi connectivity index (χ2v) is 6.59. The molecule has 1 fully saturated rings. The van der Waals surface area contributed by atoms with Crippen LogP contribution in [0.5, 0.6) is 0 Å². The first-order chi connectivity index (χ1) is 7.02. The summed E-state index contributed by atoms with van der Waals surface area (Å²) in [6, 6.07) is 0.640. The van der Waals surface area contributed by atoms with E-state index in [4.69, 9.17) is 0 Å². The largest absolute Gasteiger partial charge is 0.396 e. The summed E-state index contributed by atoms with van der Waals surface area (Å²) in [4.78, 5) is 2.54. The fourth-order valence-corrected chi connectivity index (χ4v) is 3.14. The van der Waals surface area contributed by atoms with E-state index in [9.17, 15) is 5.11 Å². The van der Waals surface area contributed by atoms with Gasteiger partial charge in [-0.1, -0.05) is 20.8 Å². The van der Waals surface area contributed by atoms with Gasteiger partial charge in [-0.3, -0.25) is 4.90 Å². The fourth-order valence-electron chi connectivity index (χ4n) is 1.98. The maximum atomic E-state index is 9.44. The van der Waals surface area contributed by atoms with Crippen molar-refractivity contribution in [3.63, 3.8) is 0 Å². The molecule has 1 aliphatic rings. The van der Waals surface area contributed by atoms with Crippen LogP contribution in [0.4, 0.5) is 0 Å². The van der Waals surface area contributed by atoms with Gasteiger partial charge >= 0.3 is 0 Å². The number of rotatable bonds is 4. The standard InChI is InChI=1S/C12H25NOS/c1-5-12(4,9-14)8-13-6-7-15-11(3)10(13)2/h10-11,14H,5-9H2,1-4H3. The van der Waals surface area contributed by atoms with Gasteiger partial charge in [0.25, 0.3) is 0 Å². The average Bonchev–Trinajstić information content (AvgIpc) is 2.25. The Bertz CT molecular complexity index is 194. The first-order valence-corrected chi connectivity index (χ1v) is 7.04. The minimum atomic E-state index is 0.0794. The lowest BCUT2D eigenvalue weighted by Crippen LogP contribution is -2.49. The van der Waals surface area contributed by atoms with Gasteiger partial charge in [0.1, 0.15) is 0 Å². The molecule has 0 aromatic carbocycles. The summed E-state index contributed by atoms with van der Waals surface area (Å²) in [5.41, 5.74) is 0.0794. The highest BCUT2D eigenvalue weighted by molar-refractivity contribution is 8.00. The highest BCUT2D eigenvalue weighted by Gasteiger charge is 2.31. The van der Waals surface area contributed by atoms with Gasteiger partial charge in [0.05, 0.1) is 0 Å². The zero-order valence-corrected chi connectivity index (χ0v) is 11.3. The lowest BCUT2D eigenvalue weighted by molar-refractivity contribution is 0.0683. The van der Waals surface area contributed by atoms with Crippen LogP contribution in [0.25, 0.3) is 0 Å². The van der Waals surface area contributed by atoms with Gasteiger partial charge in [-0.05, 0) is 13.3 Å². The molecule has 0 spiro atoms. The minimum Gasteiger partial charge on any atom is -0.396 e. The molecule has 1 rings (SSSR count). The summed E-state index contributed by atoms with van der Waals surface area (Å²) in [6.07, 6.45) is 1.05. The number of hydrogen-bond donors (Lipinski definition) is 1. The number of thioether (sulfide) groups is 1. The molecule has 90 valence electrons. The summed E-state index contributed by atoms with van der Waals surface area (Å²) < 4.78 is 0. The number of aliphatic hydroxyl groups excluding tert-OH is 1. The molecular weight excluding hydrogens is 206 g/mol. The second-order valence-electron chi connectivity index (χ2n) is 5.11. The molecule has 0 aromatic heterocycles. The molecule has 3 unspecified atom stereocenters. The van der Waals surface area contributed by atoms with E-state index in [1.54, 1.807) is 0 Å². The van der Waals surface area contributed by atoms with Gasteiger partial charge in [-0.25, -0.2) is 0 Å². The Labute approximate surface area is 98.4 Å². The number of aliphatic hydroxyl groups is 1. The van der Waals surface area contributed by atoms with E-state index >= 15 is 0 Å². The van der Waals surface area contributed by atoms with E-state index < -0.39 is 0 Å². The molecule has 2 nitrogen and oxygen atoms in total. The second kappa shape index (κ2) is 5.55. The molecule has 1 N–H and O–H groups in total. The van der Waals surface area contributed by atoms with Crippen LogP contribution in [0.1, 0.15) is 34.1 Å². The third-order valence-corrected chi connectivity index (χ3v) is 5.17. The van der Waals surface area contributed by atoms with Crippen molar-refractivity contribution in [3.8, 4) is 0 Å². The summed E-state index contributed by atoms with van der Waals surface area (Å²) in [7, 11) is 0. The zero-order chi connectivity index (χ0) is 11.5. The maximum absolute atomic E-state index is 9.44.